The van der Waals surface area contributed by atoms with E-state index in [2.05, 4.69) is 39.7 Å². The Labute approximate surface area is 321 Å². The molecule has 0 heterocycles. The average Bonchev–Trinajstić information content (AvgIpc) is 3.10. The number of ether oxygens (including phenoxy) is 3. The van der Waals surface area contributed by atoms with Gasteiger partial charge in [-0.25, -0.2) is 4.79 Å². The molecule has 10 heteroatoms. The van der Waals surface area contributed by atoms with Gasteiger partial charge in [-0.1, -0.05) is 95.8 Å². The van der Waals surface area contributed by atoms with Crippen molar-refractivity contribution >= 4 is 28.3 Å². The summed E-state index contributed by atoms with van der Waals surface area (Å²) in [7, 11) is -3.17. The van der Waals surface area contributed by atoms with E-state index in [9.17, 15) is 14.9 Å². The minimum Gasteiger partial charge on any atom is -0.494 e. The van der Waals surface area contributed by atoms with E-state index in [1.54, 1.807) is 54.6 Å². The molecule has 0 saturated carbocycles. The highest BCUT2D eigenvalue weighted by Crippen LogP contribution is 2.34. The van der Waals surface area contributed by atoms with Crippen molar-refractivity contribution in [1.82, 2.24) is 0 Å². The molecule has 0 aliphatic carbocycles. The van der Waals surface area contributed by atoms with Gasteiger partial charge in [-0.15, -0.1) is 0 Å². The van der Waals surface area contributed by atoms with Gasteiger partial charge >= 0.3 is 11.7 Å². The highest BCUT2D eigenvalue weighted by Gasteiger charge is 2.29. The van der Waals surface area contributed by atoms with Gasteiger partial charge in [-0.2, -0.15) is 0 Å². The van der Waals surface area contributed by atoms with Crippen molar-refractivity contribution in [3.8, 4) is 28.4 Å². The molecule has 3 aromatic carbocycles. The van der Waals surface area contributed by atoms with Gasteiger partial charge in [0.05, 0.1) is 23.2 Å². The summed E-state index contributed by atoms with van der Waals surface area (Å²) in [5.74, 6) is 0.926. The molecule has 0 fully saturated rings. The lowest BCUT2D eigenvalue weighted by atomic mass is 10.0. The van der Waals surface area contributed by atoms with Gasteiger partial charge in [0.25, 0.3) is 0 Å². The van der Waals surface area contributed by atoms with Crippen molar-refractivity contribution in [1.29, 1.82) is 0 Å². The van der Waals surface area contributed by atoms with Gasteiger partial charge in [0.15, 0.2) is 22.4 Å². The monoisotopic (exact) mass is 763 g/mol. The Morgan fingerprint density at radius 3 is 1.89 bits per heavy atom. The molecule has 292 valence electrons. The second-order valence-electron chi connectivity index (χ2n) is 15.9. The normalized spacial score (nSPS) is 12.4. The van der Waals surface area contributed by atoms with Crippen LogP contribution in [0.2, 0.25) is 38.8 Å². The minimum absolute atomic E-state index is 0.0722. The summed E-state index contributed by atoms with van der Waals surface area (Å²) in [6, 6.07) is 20.1. The number of nitro benzene ring substituents is 1. The van der Waals surface area contributed by atoms with Gasteiger partial charge in [0.1, 0.15) is 11.5 Å². The topological polar surface area (TPSA) is 97.1 Å². The molecule has 0 spiro atoms. The lowest BCUT2D eigenvalue weighted by molar-refractivity contribution is -0.386. The van der Waals surface area contributed by atoms with E-state index in [-0.39, 0.29) is 17.5 Å². The van der Waals surface area contributed by atoms with Crippen LogP contribution in [0, 0.1) is 10.1 Å². The van der Waals surface area contributed by atoms with Gasteiger partial charge in [0.2, 0.25) is 0 Å². The summed E-state index contributed by atoms with van der Waals surface area (Å²) in [4.78, 5) is 24.4. The van der Waals surface area contributed by atoms with Gasteiger partial charge in [-0.05, 0) is 119 Å². The molecule has 0 amide bonds. The van der Waals surface area contributed by atoms with Crippen molar-refractivity contribution in [2.45, 2.75) is 149 Å². The van der Waals surface area contributed by atoms with Crippen LogP contribution in [0.1, 0.15) is 114 Å². The first kappa shape index (κ1) is 43.9. The number of hydrogen-bond acceptors (Lipinski definition) is 7. The van der Waals surface area contributed by atoms with Crippen LogP contribution in [-0.2, 0) is 4.12 Å². The van der Waals surface area contributed by atoms with Crippen molar-refractivity contribution in [2.75, 3.05) is 6.61 Å². The predicted octanol–water partition coefficient (Wildman–Crippen LogP) is 13.2. The molecule has 8 nitrogen and oxygen atoms in total. The molecule has 0 bridgehead atoms. The molecular weight excluding hydrogens is 699 g/mol. The highest BCUT2D eigenvalue weighted by atomic mass is 28.4. The predicted molar refractivity (Wildman–Crippen MR) is 223 cm³/mol. The molecular formula is C43H65NO7Si2. The number of benzene rings is 3. The second-order valence-corrected chi connectivity index (χ2v) is 25.0. The number of carbonyl (C=O) groups is 1. The lowest BCUT2D eigenvalue weighted by Crippen LogP contribution is -2.42. The molecule has 0 N–H and O–H groups in total. The number of rotatable bonds is 26. The maximum atomic E-state index is 12.8. The van der Waals surface area contributed by atoms with E-state index in [1.165, 1.54) is 63.9 Å². The molecule has 0 saturated heterocycles. The smallest absolute Gasteiger partial charge is 0.343 e. The number of hydrogen-bond donors (Lipinski definition) is 0. The highest BCUT2D eigenvalue weighted by molar-refractivity contribution is 6.84. The van der Waals surface area contributed by atoms with E-state index >= 15 is 0 Å². The molecule has 1 unspecified atom stereocenters. The van der Waals surface area contributed by atoms with Crippen LogP contribution < -0.4 is 14.2 Å². The summed E-state index contributed by atoms with van der Waals surface area (Å²) in [5, 5.41) is 12.0. The fraction of sp³-hybridized carbons (Fsp3) is 0.558. The van der Waals surface area contributed by atoms with Crippen molar-refractivity contribution < 1.29 is 28.0 Å². The molecule has 3 rings (SSSR count). The molecule has 53 heavy (non-hydrogen) atoms. The second kappa shape index (κ2) is 22.7. The summed E-state index contributed by atoms with van der Waals surface area (Å²) >= 11 is 0. The van der Waals surface area contributed by atoms with E-state index in [1.807, 2.05) is 13.0 Å². The van der Waals surface area contributed by atoms with E-state index in [0.29, 0.717) is 23.5 Å². The summed E-state index contributed by atoms with van der Waals surface area (Å²) in [6.45, 7) is 16.2. The first-order valence-corrected chi connectivity index (χ1v) is 26.5. The number of nitrogens with zero attached hydrogens (tertiary/aromatic N) is 1. The quantitative estimate of drug-likeness (QED) is 0.0200. The summed E-state index contributed by atoms with van der Waals surface area (Å²) in [5.41, 5.74) is 1.80. The van der Waals surface area contributed by atoms with Crippen molar-refractivity contribution in [2.24, 2.45) is 0 Å². The summed E-state index contributed by atoms with van der Waals surface area (Å²) in [6.07, 6.45) is 16.7. The molecule has 3 aromatic rings. The van der Waals surface area contributed by atoms with Crippen LogP contribution in [0.3, 0.4) is 0 Å². The minimum atomic E-state index is -1.64. The Hall–Kier alpha value is -3.48. The number of esters is 1. The zero-order chi connectivity index (χ0) is 38.7. The third kappa shape index (κ3) is 17.5. The van der Waals surface area contributed by atoms with Crippen LogP contribution >= 0.6 is 0 Å². The Morgan fingerprint density at radius 2 is 1.28 bits per heavy atom. The zero-order valence-electron chi connectivity index (χ0n) is 33.5. The maximum absolute atomic E-state index is 12.8. The molecule has 0 aromatic heterocycles. The molecule has 0 aliphatic heterocycles. The first-order valence-electron chi connectivity index (χ1n) is 20.0. The van der Waals surface area contributed by atoms with Gasteiger partial charge in [-0.3, -0.25) is 10.1 Å². The molecule has 1 atom stereocenters. The average molecular weight is 764 g/mol. The SMILES string of the molecule is CCCCCCCCCCCCOc1ccc(C(=O)Oc2ccc(-c3ccc(OC(C)CCCCC[Si](C)(C)O[Si](C)(C)C)c([N+](=O)[O-])c3)cc2)cc1. The fourth-order valence-electron chi connectivity index (χ4n) is 6.60. The number of carbonyl (C=O) groups excluding carboxylic acids is 1. The van der Waals surface area contributed by atoms with Crippen LogP contribution in [0.4, 0.5) is 5.69 Å². The van der Waals surface area contributed by atoms with Crippen LogP contribution in [0.25, 0.3) is 11.1 Å². The van der Waals surface area contributed by atoms with Gasteiger partial charge < -0.3 is 18.3 Å². The third-order valence-corrected chi connectivity index (χ3v) is 15.4. The Kier molecular flexibility index (Phi) is 18.8. The summed E-state index contributed by atoms with van der Waals surface area (Å²) < 4.78 is 24.0. The van der Waals surface area contributed by atoms with Crippen molar-refractivity contribution in [3.05, 3.63) is 82.4 Å². The van der Waals surface area contributed by atoms with Crippen LogP contribution in [0.5, 0.6) is 17.2 Å². The van der Waals surface area contributed by atoms with Gasteiger partial charge in [0, 0.05) is 6.07 Å². The fourth-order valence-corrected chi connectivity index (χ4v) is 14.7. The standard InChI is InChI=1S/C43H65NO7Si2/c1-8-9-10-11-12-13-14-15-16-19-32-48-39-27-24-37(25-28-39)43(45)50-40-29-22-36(23-30-40)38-26-31-42(41(34-38)44(46)47)49-35(2)21-18-17-20-33-53(6,7)51-52(3,4)5/h22-31,34-35H,8-21,32-33H2,1-7H3. The molecule has 0 aliphatic rings. The maximum Gasteiger partial charge on any atom is 0.343 e. The van der Waals surface area contributed by atoms with E-state index < -0.39 is 27.5 Å². The lowest BCUT2D eigenvalue weighted by Gasteiger charge is -2.31. The third-order valence-electron chi connectivity index (χ3n) is 9.21. The number of nitro groups is 1. The van der Waals surface area contributed by atoms with Crippen molar-refractivity contribution in [3.63, 3.8) is 0 Å². The van der Waals surface area contributed by atoms with Crippen LogP contribution in [-0.4, -0.2) is 40.2 Å². The van der Waals surface area contributed by atoms with E-state index in [0.717, 1.165) is 49.5 Å². The van der Waals surface area contributed by atoms with Crippen LogP contribution in [0.15, 0.2) is 66.7 Å². The first-order chi connectivity index (χ1) is 25.3. The number of unbranched alkanes of at least 4 members (excludes halogenated alkanes) is 11. The largest absolute Gasteiger partial charge is 0.494 e. The zero-order valence-corrected chi connectivity index (χ0v) is 35.5. The Balaban J connectivity index is 1.42. The Morgan fingerprint density at radius 1 is 0.717 bits per heavy atom. The molecule has 0 radical (unpaired) electrons. The van der Waals surface area contributed by atoms with E-state index in [4.69, 9.17) is 18.3 Å². The Bertz CT molecular complexity index is 1520.